The van der Waals surface area contributed by atoms with Gasteiger partial charge >= 0.3 is 5.97 Å². The SMILES string of the molecule is CC(C)[C@H](I)OC(=O)C1CCOCC1. The first-order valence-electron chi connectivity index (χ1n) is 5.03. The van der Waals surface area contributed by atoms with E-state index in [9.17, 15) is 4.79 Å². The summed E-state index contributed by atoms with van der Waals surface area (Å²) in [7, 11) is 0. The maximum atomic E-state index is 11.6. The van der Waals surface area contributed by atoms with Crippen LogP contribution in [-0.2, 0) is 14.3 Å². The third-order valence-corrected chi connectivity index (χ3v) is 4.00. The lowest BCUT2D eigenvalue weighted by Crippen LogP contribution is -2.28. The van der Waals surface area contributed by atoms with Crippen LogP contribution in [-0.4, -0.2) is 23.3 Å². The second kappa shape index (κ2) is 5.90. The zero-order valence-electron chi connectivity index (χ0n) is 8.66. The number of ether oxygens (including phenoxy) is 2. The molecule has 0 radical (unpaired) electrons. The molecule has 0 aliphatic carbocycles. The molecule has 1 atom stereocenters. The molecule has 4 heteroatoms. The summed E-state index contributed by atoms with van der Waals surface area (Å²) in [5, 5.41) is 0. The van der Waals surface area contributed by atoms with Gasteiger partial charge in [0, 0.05) is 13.2 Å². The van der Waals surface area contributed by atoms with E-state index in [0.29, 0.717) is 19.1 Å². The minimum Gasteiger partial charge on any atom is -0.451 e. The molecule has 1 aliphatic heterocycles. The summed E-state index contributed by atoms with van der Waals surface area (Å²) in [6, 6.07) is 0. The van der Waals surface area contributed by atoms with Gasteiger partial charge in [0.2, 0.25) is 0 Å². The molecule has 1 saturated heterocycles. The van der Waals surface area contributed by atoms with Crippen LogP contribution in [0.15, 0.2) is 0 Å². The second-order valence-electron chi connectivity index (χ2n) is 3.92. The highest BCUT2D eigenvalue weighted by molar-refractivity contribution is 14.1. The minimum absolute atomic E-state index is 0.0112. The van der Waals surface area contributed by atoms with E-state index in [1.807, 2.05) is 13.8 Å². The van der Waals surface area contributed by atoms with Gasteiger partial charge in [0.1, 0.15) is 0 Å². The molecule has 0 aromatic heterocycles. The molecule has 0 aromatic carbocycles. The maximum absolute atomic E-state index is 11.6. The van der Waals surface area contributed by atoms with E-state index >= 15 is 0 Å². The Balaban J connectivity index is 2.33. The molecule has 0 bridgehead atoms. The topological polar surface area (TPSA) is 35.5 Å². The van der Waals surface area contributed by atoms with Crippen LogP contribution < -0.4 is 0 Å². The van der Waals surface area contributed by atoms with E-state index in [-0.39, 0.29) is 16.0 Å². The number of esters is 1. The smallest absolute Gasteiger partial charge is 0.310 e. The predicted octanol–water partition coefficient (Wildman–Crippen LogP) is 2.37. The Morgan fingerprint density at radius 1 is 1.43 bits per heavy atom. The molecular formula is C10H17IO3. The first kappa shape index (κ1) is 12.2. The van der Waals surface area contributed by atoms with Gasteiger partial charge in [0.15, 0.2) is 4.11 Å². The van der Waals surface area contributed by atoms with Gasteiger partial charge in [-0.1, -0.05) is 13.8 Å². The second-order valence-corrected chi connectivity index (χ2v) is 5.15. The molecule has 0 N–H and O–H groups in total. The molecule has 1 rings (SSSR count). The molecule has 0 saturated carbocycles. The number of rotatable bonds is 3. The van der Waals surface area contributed by atoms with E-state index in [2.05, 4.69) is 22.6 Å². The predicted molar refractivity (Wildman–Crippen MR) is 62.3 cm³/mol. The number of alkyl halides is 1. The molecular weight excluding hydrogens is 295 g/mol. The summed E-state index contributed by atoms with van der Waals surface area (Å²) >= 11 is 2.17. The maximum Gasteiger partial charge on any atom is 0.310 e. The fourth-order valence-corrected chi connectivity index (χ4v) is 1.53. The van der Waals surface area contributed by atoms with Crippen molar-refractivity contribution in [2.24, 2.45) is 11.8 Å². The fourth-order valence-electron chi connectivity index (χ4n) is 1.28. The van der Waals surface area contributed by atoms with Crippen molar-refractivity contribution in [1.82, 2.24) is 0 Å². The fraction of sp³-hybridized carbons (Fsp3) is 0.900. The van der Waals surface area contributed by atoms with E-state index < -0.39 is 0 Å². The van der Waals surface area contributed by atoms with Gasteiger partial charge in [0.25, 0.3) is 0 Å². The molecule has 14 heavy (non-hydrogen) atoms. The van der Waals surface area contributed by atoms with Crippen molar-refractivity contribution in [2.45, 2.75) is 30.8 Å². The van der Waals surface area contributed by atoms with Gasteiger partial charge in [-0.15, -0.1) is 0 Å². The van der Waals surface area contributed by atoms with Crippen molar-refractivity contribution < 1.29 is 14.3 Å². The Bertz CT molecular complexity index is 188. The molecule has 0 aromatic rings. The van der Waals surface area contributed by atoms with Crippen LogP contribution in [0.1, 0.15) is 26.7 Å². The van der Waals surface area contributed by atoms with Crippen molar-refractivity contribution in [3.63, 3.8) is 0 Å². The molecule has 0 amide bonds. The third-order valence-electron chi connectivity index (χ3n) is 2.31. The molecule has 3 nitrogen and oxygen atoms in total. The largest absolute Gasteiger partial charge is 0.451 e. The van der Waals surface area contributed by atoms with Crippen LogP contribution in [0.25, 0.3) is 0 Å². The van der Waals surface area contributed by atoms with Gasteiger partial charge in [-0.25, -0.2) is 0 Å². The van der Waals surface area contributed by atoms with Crippen LogP contribution in [0.2, 0.25) is 0 Å². The van der Waals surface area contributed by atoms with Crippen molar-refractivity contribution in [3.05, 3.63) is 0 Å². The van der Waals surface area contributed by atoms with Gasteiger partial charge in [-0.2, -0.15) is 0 Å². The minimum atomic E-state index is -0.0543. The first-order valence-corrected chi connectivity index (χ1v) is 6.28. The highest BCUT2D eigenvalue weighted by Crippen LogP contribution is 2.21. The number of carbonyl (C=O) groups excluding carboxylic acids is 1. The van der Waals surface area contributed by atoms with E-state index in [0.717, 1.165) is 12.8 Å². The Hall–Kier alpha value is 0.160. The molecule has 1 fully saturated rings. The lowest BCUT2D eigenvalue weighted by atomic mass is 10.0. The molecule has 0 spiro atoms. The average molecular weight is 312 g/mol. The highest BCUT2D eigenvalue weighted by Gasteiger charge is 2.25. The first-order chi connectivity index (χ1) is 6.61. The van der Waals surface area contributed by atoms with Crippen LogP contribution in [0.3, 0.4) is 0 Å². The third kappa shape index (κ3) is 3.73. The summed E-state index contributed by atoms with van der Waals surface area (Å²) in [6.07, 6.45) is 1.61. The molecule has 82 valence electrons. The van der Waals surface area contributed by atoms with Crippen LogP contribution in [0.4, 0.5) is 0 Å². The average Bonchev–Trinajstić information content (AvgIpc) is 2.19. The summed E-state index contributed by atoms with van der Waals surface area (Å²) < 4.78 is 10.5. The van der Waals surface area contributed by atoms with Crippen LogP contribution in [0.5, 0.6) is 0 Å². The monoisotopic (exact) mass is 312 g/mol. The van der Waals surface area contributed by atoms with Crippen LogP contribution >= 0.6 is 22.6 Å². The highest BCUT2D eigenvalue weighted by atomic mass is 127. The van der Waals surface area contributed by atoms with Crippen molar-refractivity contribution in [3.8, 4) is 0 Å². The molecule has 1 heterocycles. The number of carbonyl (C=O) groups is 1. The van der Waals surface area contributed by atoms with E-state index in [1.54, 1.807) is 0 Å². The number of halogens is 1. The Morgan fingerprint density at radius 3 is 2.50 bits per heavy atom. The van der Waals surface area contributed by atoms with Crippen molar-refractivity contribution in [1.29, 1.82) is 0 Å². The zero-order valence-corrected chi connectivity index (χ0v) is 10.8. The molecule has 1 aliphatic rings. The van der Waals surface area contributed by atoms with Gasteiger partial charge in [-0.05, 0) is 41.4 Å². The number of hydrogen-bond donors (Lipinski definition) is 0. The van der Waals surface area contributed by atoms with E-state index in [4.69, 9.17) is 9.47 Å². The standard InChI is InChI=1S/C10H17IO3/c1-7(2)9(11)14-10(12)8-3-5-13-6-4-8/h7-9H,3-6H2,1-2H3/t9-/m1/s1. The van der Waals surface area contributed by atoms with Gasteiger partial charge in [-0.3, -0.25) is 4.79 Å². The Morgan fingerprint density at radius 2 is 2.00 bits per heavy atom. The Kier molecular flexibility index (Phi) is 5.15. The molecule has 0 unspecified atom stereocenters. The van der Waals surface area contributed by atoms with Gasteiger partial charge in [0.05, 0.1) is 5.92 Å². The van der Waals surface area contributed by atoms with Crippen LogP contribution in [0, 0.1) is 11.8 Å². The summed E-state index contributed by atoms with van der Waals surface area (Å²) in [4.78, 5) is 11.6. The Labute approximate surface area is 98.7 Å². The zero-order chi connectivity index (χ0) is 10.6. The summed E-state index contributed by atoms with van der Waals surface area (Å²) in [5.74, 6) is 0.376. The summed E-state index contributed by atoms with van der Waals surface area (Å²) in [5.41, 5.74) is 0. The lowest BCUT2D eigenvalue weighted by molar-refractivity contribution is -0.153. The number of hydrogen-bond acceptors (Lipinski definition) is 3. The quantitative estimate of drug-likeness (QED) is 0.456. The summed E-state index contributed by atoms with van der Waals surface area (Å²) in [6.45, 7) is 5.48. The van der Waals surface area contributed by atoms with Crippen molar-refractivity contribution >= 4 is 28.6 Å². The van der Waals surface area contributed by atoms with Gasteiger partial charge < -0.3 is 9.47 Å². The van der Waals surface area contributed by atoms with Crippen molar-refractivity contribution in [2.75, 3.05) is 13.2 Å². The van der Waals surface area contributed by atoms with E-state index in [1.165, 1.54) is 0 Å². The normalized spacial score (nSPS) is 20.9. The lowest BCUT2D eigenvalue weighted by Gasteiger charge is -2.23.